The number of aliphatic hydroxyl groups excluding tert-OH is 8. The molecule has 29 heteroatoms. The monoisotopic (exact) mass is 1190 g/mol. The highest BCUT2D eigenvalue weighted by molar-refractivity contribution is 8.03. The van der Waals surface area contributed by atoms with Gasteiger partial charge in [0.1, 0.15) is 0 Å². The number of thioether (sulfide) groups is 1. The minimum absolute atomic E-state index is 0.00274. The van der Waals surface area contributed by atoms with E-state index in [9.17, 15) is 20.4 Å². The summed E-state index contributed by atoms with van der Waals surface area (Å²) in [6.45, 7) is 3.32. The summed E-state index contributed by atoms with van der Waals surface area (Å²) in [4.78, 5) is 0. The Bertz CT molecular complexity index is 1030. The van der Waals surface area contributed by atoms with E-state index in [0.717, 1.165) is 0 Å². The highest BCUT2D eigenvalue weighted by Gasteiger charge is 2.55. The van der Waals surface area contributed by atoms with Crippen LogP contribution in [-0.4, -0.2) is 335 Å². The molecule has 0 bridgehead atoms. The van der Waals surface area contributed by atoms with E-state index < -0.39 is 70.8 Å². The Morgan fingerprint density at radius 3 is 0.573 bits per heavy atom. The van der Waals surface area contributed by atoms with Gasteiger partial charge in [0.05, 0.1) is 272 Å². The highest BCUT2D eigenvalue weighted by atomic mass is 32.2. The van der Waals surface area contributed by atoms with E-state index in [0.29, 0.717) is 52.9 Å². The maximum Gasteiger partial charge on any atom is 0.0987 e. The minimum atomic E-state index is -1.53. The zero-order valence-corrected chi connectivity index (χ0v) is 48.0. The van der Waals surface area contributed by atoms with Crippen molar-refractivity contribution in [1.82, 2.24) is 0 Å². The van der Waals surface area contributed by atoms with Gasteiger partial charge in [0.2, 0.25) is 0 Å². The molecule has 0 saturated carbocycles. The van der Waals surface area contributed by atoms with Crippen molar-refractivity contribution in [1.29, 1.82) is 0 Å². The molecular weight excluding hydrogens is 1100 g/mol. The molecule has 6 unspecified atom stereocenters. The molecule has 6 atom stereocenters. The third-order valence-electron chi connectivity index (χ3n) is 10.5. The summed E-state index contributed by atoms with van der Waals surface area (Å²) in [6, 6.07) is 0. The third kappa shape index (κ3) is 36.1. The summed E-state index contributed by atoms with van der Waals surface area (Å²) >= 11 is 21.3. The first-order valence-electron chi connectivity index (χ1n) is 25.3. The van der Waals surface area contributed by atoms with E-state index in [4.69, 9.17) is 147 Å². The average Bonchev–Trinajstić information content (AvgIpc) is 3.42. The van der Waals surface area contributed by atoms with Crippen LogP contribution in [0.1, 0.15) is 0 Å². The number of hydrogen-bond acceptors (Lipinski definition) is 29. The van der Waals surface area contributed by atoms with Gasteiger partial charge < -0.3 is 117 Å². The standard InChI is InChI=1S/C46H94O24S5/c47-1-5-55-9-13-59-17-21-63-25-29-67-39(33-51)45(73,40(34-52)68-30-26-64-22-18-60-14-10-56-6-2-48)43(37-71)75-44(38-72)46(74,41(35-53)69-31-27-65-23-19-61-15-11-57-7-3-49)42(36-54)70-32-28-66-24-20-62-16-12-58-8-4-50/h39-44,47-54,71-74H,1-38H2. The van der Waals surface area contributed by atoms with Crippen molar-refractivity contribution in [3.05, 3.63) is 0 Å². The summed E-state index contributed by atoms with van der Waals surface area (Å²) in [5, 5.41) is 78.1. The van der Waals surface area contributed by atoms with Crippen LogP contribution in [0.5, 0.6) is 0 Å². The van der Waals surface area contributed by atoms with E-state index in [1.165, 1.54) is 11.8 Å². The molecule has 0 fully saturated rings. The quantitative estimate of drug-likeness (QED) is 0.0218. The lowest BCUT2D eigenvalue weighted by molar-refractivity contribution is -0.0995. The molecule has 0 aliphatic heterocycles. The number of hydrogen-bond donors (Lipinski definition) is 12. The van der Waals surface area contributed by atoms with Crippen LogP contribution in [0.3, 0.4) is 0 Å². The molecule has 0 aliphatic rings. The van der Waals surface area contributed by atoms with Gasteiger partial charge in [-0.2, -0.15) is 62.3 Å². The molecule has 0 heterocycles. The first-order chi connectivity index (χ1) is 36.7. The number of thiol groups is 4. The molecule has 0 radical (unpaired) electrons. The van der Waals surface area contributed by atoms with Gasteiger partial charge in [-0.1, -0.05) is 0 Å². The van der Waals surface area contributed by atoms with Crippen molar-refractivity contribution >= 4 is 62.3 Å². The summed E-state index contributed by atoms with van der Waals surface area (Å²) in [5.74, 6) is 0.131. The Labute approximate surface area is 470 Å². The molecule has 24 nitrogen and oxygen atoms in total. The number of rotatable bonds is 62. The highest BCUT2D eigenvalue weighted by Crippen LogP contribution is 2.47. The Morgan fingerprint density at radius 1 is 0.267 bits per heavy atom. The van der Waals surface area contributed by atoms with Crippen LogP contribution in [0.4, 0.5) is 0 Å². The topological polar surface area (TPSA) is 310 Å². The van der Waals surface area contributed by atoms with Gasteiger partial charge in [-0.15, -0.1) is 0 Å². The molecule has 0 aromatic heterocycles. The molecule has 0 aromatic rings. The van der Waals surface area contributed by atoms with E-state index in [1.807, 2.05) is 0 Å². The second-order valence-electron chi connectivity index (χ2n) is 15.7. The van der Waals surface area contributed by atoms with Crippen LogP contribution in [0.25, 0.3) is 0 Å². The summed E-state index contributed by atoms with van der Waals surface area (Å²) in [5.41, 5.74) is 0. The normalized spacial score (nSPS) is 16.2. The molecule has 452 valence electrons. The van der Waals surface area contributed by atoms with Crippen LogP contribution in [0, 0.1) is 0 Å². The Morgan fingerprint density at radius 2 is 0.427 bits per heavy atom. The van der Waals surface area contributed by atoms with Crippen LogP contribution in [0.15, 0.2) is 0 Å². The van der Waals surface area contributed by atoms with Gasteiger partial charge in [0.15, 0.2) is 0 Å². The Hall–Kier alpha value is 0.790. The van der Waals surface area contributed by atoms with Gasteiger partial charge in [0.25, 0.3) is 0 Å². The molecular formula is C46H94O24S5. The van der Waals surface area contributed by atoms with Crippen LogP contribution < -0.4 is 0 Å². The van der Waals surface area contributed by atoms with Crippen molar-refractivity contribution in [3.8, 4) is 0 Å². The van der Waals surface area contributed by atoms with Gasteiger partial charge in [-0.25, -0.2) is 0 Å². The third-order valence-corrected chi connectivity index (χ3v) is 15.6. The van der Waals surface area contributed by atoms with Crippen molar-refractivity contribution in [2.45, 2.75) is 44.4 Å². The van der Waals surface area contributed by atoms with Crippen LogP contribution in [0.2, 0.25) is 0 Å². The van der Waals surface area contributed by atoms with Gasteiger partial charge >= 0.3 is 0 Å². The lowest BCUT2D eigenvalue weighted by Gasteiger charge is -2.50. The fourth-order valence-electron chi connectivity index (χ4n) is 6.79. The molecule has 0 spiro atoms. The second kappa shape index (κ2) is 55.3. The number of ether oxygens (including phenoxy) is 16. The Balaban J connectivity index is 6.52. The van der Waals surface area contributed by atoms with Crippen molar-refractivity contribution in [2.24, 2.45) is 0 Å². The van der Waals surface area contributed by atoms with Crippen molar-refractivity contribution in [2.75, 3.05) is 249 Å². The molecule has 0 saturated heterocycles. The molecule has 0 aliphatic carbocycles. The summed E-state index contributed by atoms with van der Waals surface area (Å²) in [6.07, 6.45) is -4.44. The van der Waals surface area contributed by atoms with Gasteiger partial charge in [-0.3, -0.25) is 0 Å². The molecule has 0 aromatic carbocycles. The molecule has 0 rings (SSSR count). The smallest absolute Gasteiger partial charge is 0.0987 e. The van der Waals surface area contributed by atoms with E-state index >= 15 is 0 Å². The van der Waals surface area contributed by atoms with Crippen LogP contribution in [-0.2, 0) is 75.8 Å². The minimum Gasteiger partial charge on any atom is -0.394 e. The second-order valence-corrected chi connectivity index (χ2v) is 19.4. The van der Waals surface area contributed by atoms with E-state index in [2.05, 4.69) is 0 Å². The maximum atomic E-state index is 11.0. The Kier molecular flexibility index (Phi) is 55.9. The number of aliphatic hydroxyl groups is 8. The zero-order valence-electron chi connectivity index (χ0n) is 43.6. The van der Waals surface area contributed by atoms with Crippen molar-refractivity contribution < 1.29 is 117 Å². The van der Waals surface area contributed by atoms with E-state index in [-0.39, 0.29) is 170 Å². The zero-order chi connectivity index (χ0) is 55.4. The molecule has 8 N–H and O–H groups in total. The summed E-state index contributed by atoms with van der Waals surface area (Å²) in [7, 11) is 0. The lowest BCUT2D eigenvalue weighted by Crippen LogP contribution is -2.63. The average molecular weight is 1190 g/mol. The fourth-order valence-corrected chi connectivity index (χ4v) is 11.0. The lowest BCUT2D eigenvalue weighted by atomic mass is 9.90. The fraction of sp³-hybridized carbons (Fsp3) is 1.00. The molecule has 75 heavy (non-hydrogen) atoms. The molecule has 0 amide bonds. The van der Waals surface area contributed by atoms with Crippen LogP contribution >= 0.6 is 62.3 Å². The summed E-state index contributed by atoms with van der Waals surface area (Å²) < 4.78 is 87.8. The largest absolute Gasteiger partial charge is 0.394 e. The first kappa shape index (κ1) is 75.8. The first-order valence-corrected chi connectivity index (χ1v) is 28.4. The SMILES string of the molecule is OCCOCCOCCOCCOC(CO)C(S)(C(CO)OCCOCCOCCOCCO)C(CS)SC(CS)C(S)(C(CO)OCCOCCOCCOCCO)C(CO)OCCOCCOCCOCCO. The van der Waals surface area contributed by atoms with E-state index in [1.54, 1.807) is 0 Å². The maximum absolute atomic E-state index is 11.0. The van der Waals surface area contributed by atoms with Gasteiger partial charge in [0, 0.05) is 22.0 Å². The predicted octanol–water partition coefficient (Wildman–Crippen LogP) is -2.67. The van der Waals surface area contributed by atoms with Gasteiger partial charge in [-0.05, 0) is 0 Å². The van der Waals surface area contributed by atoms with Crippen molar-refractivity contribution in [3.63, 3.8) is 0 Å². The predicted molar refractivity (Wildman–Crippen MR) is 292 cm³/mol.